The zero-order valence-corrected chi connectivity index (χ0v) is 22.6. The highest BCUT2D eigenvalue weighted by atomic mass is 32.1. The number of nitrogens with zero attached hydrogens (tertiary/aromatic N) is 2. The molecule has 0 aliphatic carbocycles. The second kappa shape index (κ2) is 13.0. The Hall–Kier alpha value is -4.79. The van der Waals surface area contributed by atoms with Crippen LogP contribution in [0.4, 0.5) is 37.2 Å². The molecule has 0 radical (unpaired) electrons. The Morgan fingerprint density at radius 1 is 0.837 bits per heavy atom. The van der Waals surface area contributed by atoms with Crippen molar-refractivity contribution in [2.45, 2.75) is 25.7 Å². The van der Waals surface area contributed by atoms with Gasteiger partial charge in [0.05, 0.1) is 18.7 Å². The van der Waals surface area contributed by atoms with E-state index in [0.29, 0.717) is 33.2 Å². The number of halogens is 6. The van der Waals surface area contributed by atoms with Crippen LogP contribution in [-0.4, -0.2) is 41.2 Å². The lowest BCUT2D eigenvalue weighted by Crippen LogP contribution is -2.26. The van der Waals surface area contributed by atoms with Gasteiger partial charge in [-0.25, -0.2) is 4.98 Å². The average molecular weight is 626 g/mol. The van der Waals surface area contributed by atoms with Gasteiger partial charge in [-0.3, -0.25) is 9.59 Å². The van der Waals surface area contributed by atoms with Crippen molar-refractivity contribution in [1.82, 2.24) is 10.3 Å². The van der Waals surface area contributed by atoms with E-state index in [1.165, 1.54) is 35.6 Å². The van der Waals surface area contributed by atoms with E-state index in [1.54, 1.807) is 34.5 Å². The maximum atomic E-state index is 12.7. The minimum Gasteiger partial charge on any atom is -0.481 e. The quantitative estimate of drug-likeness (QED) is 0.171. The highest BCUT2D eigenvalue weighted by molar-refractivity contribution is 7.14. The molecule has 0 saturated carbocycles. The first-order valence-corrected chi connectivity index (χ1v) is 13.2. The normalized spacial score (nSPS) is 11.6. The second-order valence-electron chi connectivity index (χ2n) is 8.81. The molecular formula is C28H21F6N3O5S. The Morgan fingerprint density at radius 3 is 1.93 bits per heavy atom. The SMILES string of the molecule is O=C(O)CCNC(=O)c1ccc(CN(c2ccc(OC(F)(F)F)cc2)c2nc(-c3ccc(OC(F)(F)F)cc3)cs2)cc1. The van der Waals surface area contributed by atoms with Crippen molar-refractivity contribution >= 4 is 34.0 Å². The van der Waals surface area contributed by atoms with Crippen LogP contribution in [0.15, 0.2) is 78.2 Å². The fourth-order valence-corrected chi connectivity index (χ4v) is 4.63. The molecule has 8 nitrogen and oxygen atoms in total. The lowest BCUT2D eigenvalue weighted by molar-refractivity contribution is -0.275. The van der Waals surface area contributed by atoms with E-state index >= 15 is 0 Å². The van der Waals surface area contributed by atoms with Crippen molar-refractivity contribution in [2.24, 2.45) is 0 Å². The number of carbonyl (C=O) groups is 2. The number of benzene rings is 3. The van der Waals surface area contributed by atoms with Gasteiger partial charge >= 0.3 is 18.7 Å². The first kappa shape index (κ1) is 31.2. The molecule has 226 valence electrons. The monoisotopic (exact) mass is 625 g/mol. The van der Waals surface area contributed by atoms with Crippen molar-refractivity contribution in [3.8, 4) is 22.8 Å². The first-order valence-electron chi connectivity index (χ1n) is 12.3. The maximum Gasteiger partial charge on any atom is 0.573 e. The van der Waals surface area contributed by atoms with Crippen LogP contribution < -0.4 is 19.7 Å². The van der Waals surface area contributed by atoms with Crippen LogP contribution in [0.1, 0.15) is 22.3 Å². The summed E-state index contributed by atoms with van der Waals surface area (Å²) in [6.07, 6.45) is -9.93. The molecule has 3 aromatic carbocycles. The summed E-state index contributed by atoms with van der Waals surface area (Å²) in [5.74, 6) is -2.32. The number of ether oxygens (including phenoxy) is 2. The maximum absolute atomic E-state index is 12.7. The van der Waals surface area contributed by atoms with Crippen molar-refractivity contribution in [3.63, 3.8) is 0 Å². The predicted octanol–water partition coefficient (Wildman–Crippen LogP) is 7.15. The standard InChI is InChI=1S/C28H21F6N3O5S/c29-27(30,31)41-21-9-5-18(6-10-21)23-16-43-26(36-23)37(20-7-11-22(12-8-20)42-28(32,33)34)15-17-1-3-19(4-2-17)25(40)35-14-13-24(38)39/h1-12,16H,13-15H2,(H,35,40)(H,38,39). The smallest absolute Gasteiger partial charge is 0.481 e. The van der Waals surface area contributed by atoms with Gasteiger partial charge in [0.15, 0.2) is 5.13 Å². The van der Waals surface area contributed by atoms with Crippen LogP contribution in [0.5, 0.6) is 11.5 Å². The second-order valence-corrected chi connectivity index (χ2v) is 9.65. The van der Waals surface area contributed by atoms with E-state index in [9.17, 15) is 35.9 Å². The molecule has 2 N–H and O–H groups in total. The number of aromatic nitrogens is 1. The number of anilines is 2. The van der Waals surface area contributed by atoms with Crippen LogP contribution in [0.2, 0.25) is 0 Å². The number of hydrogen-bond donors (Lipinski definition) is 2. The zero-order chi connectivity index (χ0) is 31.2. The Balaban J connectivity index is 1.57. The molecule has 43 heavy (non-hydrogen) atoms. The molecule has 1 heterocycles. The Kier molecular flexibility index (Phi) is 9.43. The van der Waals surface area contributed by atoms with Crippen LogP contribution in [0, 0.1) is 0 Å². The Labute approximate surface area is 244 Å². The number of hydrogen-bond acceptors (Lipinski definition) is 7. The van der Waals surface area contributed by atoms with E-state index in [4.69, 9.17) is 5.11 Å². The average Bonchev–Trinajstić information content (AvgIpc) is 3.41. The van der Waals surface area contributed by atoms with Gasteiger partial charge in [-0.15, -0.1) is 37.7 Å². The fraction of sp³-hybridized carbons (Fsp3) is 0.179. The van der Waals surface area contributed by atoms with Crippen LogP contribution in [0.3, 0.4) is 0 Å². The summed E-state index contributed by atoms with van der Waals surface area (Å²) in [6, 6.07) is 16.7. The number of thiazole rings is 1. The fourth-order valence-electron chi connectivity index (χ4n) is 3.77. The first-order chi connectivity index (χ1) is 20.3. The Morgan fingerprint density at radius 2 is 1.40 bits per heavy atom. The highest BCUT2D eigenvalue weighted by Gasteiger charge is 2.32. The Bertz CT molecular complexity index is 1540. The van der Waals surface area contributed by atoms with Crippen molar-refractivity contribution in [1.29, 1.82) is 0 Å². The molecule has 0 fully saturated rings. The van der Waals surface area contributed by atoms with Crippen LogP contribution in [-0.2, 0) is 11.3 Å². The number of carboxylic acids is 1. The lowest BCUT2D eigenvalue weighted by Gasteiger charge is -2.23. The van der Waals surface area contributed by atoms with Gasteiger partial charge in [-0.2, -0.15) is 0 Å². The largest absolute Gasteiger partial charge is 0.573 e. The summed E-state index contributed by atoms with van der Waals surface area (Å²) in [4.78, 5) is 29.2. The third kappa shape index (κ3) is 9.36. The van der Waals surface area contributed by atoms with Gasteiger partial charge < -0.3 is 24.8 Å². The molecule has 0 atom stereocenters. The van der Waals surface area contributed by atoms with Crippen molar-refractivity contribution in [3.05, 3.63) is 89.3 Å². The summed E-state index contributed by atoms with van der Waals surface area (Å²) < 4.78 is 83.3. The number of amides is 1. The van der Waals surface area contributed by atoms with E-state index in [-0.39, 0.29) is 19.5 Å². The molecule has 1 aromatic heterocycles. The molecule has 0 saturated heterocycles. The third-order valence-corrected chi connectivity index (χ3v) is 6.53. The number of aliphatic carboxylic acids is 1. The lowest BCUT2D eigenvalue weighted by atomic mass is 10.1. The number of nitrogens with one attached hydrogen (secondary N) is 1. The summed E-state index contributed by atoms with van der Waals surface area (Å²) in [6.45, 7) is 0.133. The van der Waals surface area contributed by atoms with E-state index < -0.39 is 36.1 Å². The number of rotatable bonds is 11. The molecule has 0 bridgehead atoms. The molecule has 4 rings (SSSR count). The molecule has 1 amide bonds. The van der Waals surface area contributed by atoms with Gasteiger partial charge in [0.2, 0.25) is 0 Å². The molecule has 15 heteroatoms. The van der Waals surface area contributed by atoms with E-state index in [1.807, 2.05) is 0 Å². The molecule has 0 aliphatic rings. The van der Waals surface area contributed by atoms with Crippen molar-refractivity contribution in [2.75, 3.05) is 11.4 Å². The number of carboxylic acid groups (broad SMARTS) is 1. The summed E-state index contributed by atoms with van der Waals surface area (Å²) >= 11 is 1.19. The van der Waals surface area contributed by atoms with Gasteiger partial charge in [-0.05, 0) is 66.2 Å². The zero-order valence-electron chi connectivity index (χ0n) is 21.8. The van der Waals surface area contributed by atoms with E-state index in [0.717, 1.165) is 24.3 Å². The van der Waals surface area contributed by atoms with Gasteiger partial charge in [0, 0.05) is 28.7 Å². The molecule has 0 unspecified atom stereocenters. The molecule has 4 aromatic rings. The summed E-state index contributed by atoms with van der Waals surface area (Å²) in [5, 5.41) is 13.3. The summed E-state index contributed by atoms with van der Waals surface area (Å²) in [5.41, 5.74) is 2.39. The van der Waals surface area contributed by atoms with E-state index in [2.05, 4.69) is 19.8 Å². The van der Waals surface area contributed by atoms with Crippen LogP contribution >= 0.6 is 11.3 Å². The number of carbonyl (C=O) groups excluding carboxylic acids is 1. The van der Waals surface area contributed by atoms with Crippen molar-refractivity contribution < 1.29 is 50.5 Å². The van der Waals surface area contributed by atoms with Gasteiger partial charge in [-0.1, -0.05) is 12.1 Å². The third-order valence-electron chi connectivity index (χ3n) is 5.67. The minimum absolute atomic E-state index is 0.0395. The van der Waals surface area contributed by atoms with Gasteiger partial charge in [0.25, 0.3) is 5.91 Å². The highest BCUT2D eigenvalue weighted by Crippen LogP contribution is 2.35. The molecular weight excluding hydrogens is 604 g/mol. The molecule has 0 aliphatic heterocycles. The minimum atomic E-state index is -4.87. The van der Waals surface area contributed by atoms with Gasteiger partial charge in [0.1, 0.15) is 11.5 Å². The predicted molar refractivity (Wildman–Crippen MR) is 144 cm³/mol. The van der Waals surface area contributed by atoms with Crippen LogP contribution in [0.25, 0.3) is 11.3 Å². The number of alkyl halides is 6. The summed E-state index contributed by atoms with van der Waals surface area (Å²) in [7, 11) is 0. The molecule has 0 spiro atoms. The topological polar surface area (TPSA) is 101 Å².